The van der Waals surface area contributed by atoms with Gasteiger partial charge >= 0.3 is 0 Å². The summed E-state index contributed by atoms with van der Waals surface area (Å²) < 4.78 is 1.16. The summed E-state index contributed by atoms with van der Waals surface area (Å²) in [6.07, 6.45) is 2.42. The van der Waals surface area contributed by atoms with E-state index in [-0.39, 0.29) is 0 Å². The van der Waals surface area contributed by atoms with Gasteiger partial charge in [0.05, 0.1) is 0 Å². The Morgan fingerprint density at radius 1 is 0.714 bits per heavy atom. The average Bonchev–Trinajstić information content (AvgIpc) is 2.79. The van der Waals surface area contributed by atoms with Crippen LogP contribution in [0.5, 0.6) is 0 Å². The third kappa shape index (κ3) is 1.82. The summed E-state index contributed by atoms with van der Waals surface area (Å²) in [5, 5.41) is 0. The summed E-state index contributed by atoms with van der Waals surface area (Å²) in [5.74, 6) is 0. The predicted octanol–water partition coefficient (Wildman–Crippen LogP) is 6.34. The van der Waals surface area contributed by atoms with Crippen molar-refractivity contribution in [2.75, 3.05) is 6.26 Å². The zero-order valence-electron chi connectivity index (χ0n) is 11.7. The van der Waals surface area contributed by atoms with Gasteiger partial charge in [0.1, 0.15) is 0 Å². The van der Waals surface area contributed by atoms with Gasteiger partial charge in [-0.3, -0.25) is 0 Å². The molecule has 0 fully saturated rings. The van der Waals surface area contributed by atoms with Crippen LogP contribution in [-0.4, -0.2) is 6.26 Å². The molecule has 0 nitrogen and oxygen atoms in total. The Kier molecular flexibility index (Phi) is 2.98. The molecule has 0 saturated heterocycles. The van der Waals surface area contributed by atoms with Gasteiger partial charge in [-0.2, -0.15) is 10.0 Å². The summed E-state index contributed by atoms with van der Waals surface area (Å²) in [5.41, 5.74) is 2.77. The number of fused-ring (bicyclic) bond motifs is 3. The summed E-state index contributed by atoms with van der Waals surface area (Å²) >= 11 is 3.65. The highest BCUT2D eigenvalue weighted by Gasteiger charge is 2.36. The quantitative estimate of drug-likeness (QED) is 0.478. The van der Waals surface area contributed by atoms with Crippen LogP contribution in [0.25, 0.3) is 11.1 Å². The highest BCUT2D eigenvalue weighted by Crippen LogP contribution is 2.73. The highest BCUT2D eigenvalue weighted by atomic mass is 79.9. The summed E-state index contributed by atoms with van der Waals surface area (Å²) in [6, 6.07) is 26.5. The molecule has 0 spiro atoms. The summed E-state index contributed by atoms with van der Waals surface area (Å²) in [6.45, 7) is 0. The van der Waals surface area contributed by atoms with Crippen LogP contribution in [-0.2, 0) is 0 Å². The van der Waals surface area contributed by atoms with Crippen molar-refractivity contribution in [3.8, 4) is 11.1 Å². The molecule has 0 amide bonds. The molecule has 1 heterocycles. The van der Waals surface area contributed by atoms with Crippen molar-refractivity contribution >= 4 is 26.0 Å². The van der Waals surface area contributed by atoms with E-state index in [2.05, 4.69) is 95.0 Å². The average molecular weight is 355 g/mol. The molecular weight excluding hydrogens is 340 g/mol. The molecule has 0 aliphatic carbocycles. The van der Waals surface area contributed by atoms with Crippen LogP contribution in [0.2, 0.25) is 0 Å². The minimum atomic E-state index is -1.15. The Labute approximate surface area is 135 Å². The van der Waals surface area contributed by atoms with Crippen LogP contribution < -0.4 is 0 Å². The first-order valence-electron chi connectivity index (χ1n) is 6.94. The maximum absolute atomic E-state index is 3.65. The summed E-state index contributed by atoms with van der Waals surface area (Å²) in [7, 11) is -1.15. The Hall–Kier alpha value is -1.51. The highest BCUT2D eigenvalue weighted by molar-refractivity contribution is 9.10. The topological polar surface area (TPSA) is 0 Å². The van der Waals surface area contributed by atoms with Crippen molar-refractivity contribution in [3.63, 3.8) is 0 Å². The molecule has 1 atom stereocenters. The third-order valence-electron chi connectivity index (χ3n) is 4.22. The zero-order chi connectivity index (χ0) is 14.4. The van der Waals surface area contributed by atoms with Gasteiger partial charge in [0.25, 0.3) is 0 Å². The summed E-state index contributed by atoms with van der Waals surface area (Å²) in [4.78, 5) is 4.36. The lowest BCUT2D eigenvalue weighted by atomic mass is 10.1. The standard InChI is InChI=1S/C19H15BrS/c1-21(15-7-3-2-4-8-15)18-10-6-5-9-16(18)17-12-11-14(20)13-19(17)21/h2-13H,1H3. The number of benzene rings is 3. The molecule has 1 aliphatic heterocycles. The van der Waals surface area contributed by atoms with Crippen molar-refractivity contribution in [3.05, 3.63) is 77.3 Å². The van der Waals surface area contributed by atoms with Gasteiger partial charge in [-0.15, -0.1) is 0 Å². The van der Waals surface area contributed by atoms with Crippen LogP contribution in [0, 0.1) is 0 Å². The monoisotopic (exact) mass is 354 g/mol. The Bertz CT molecular complexity index is 826. The second kappa shape index (κ2) is 4.75. The Morgan fingerprint density at radius 2 is 1.38 bits per heavy atom. The minimum absolute atomic E-state index is 1.15. The van der Waals surface area contributed by atoms with Gasteiger partial charge < -0.3 is 0 Å². The van der Waals surface area contributed by atoms with Gasteiger partial charge in [-0.05, 0) is 52.6 Å². The Morgan fingerprint density at radius 3 is 2.19 bits per heavy atom. The van der Waals surface area contributed by atoms with E-state index in [4.69, 9.17) is 0 Å². The molecule has 0 bridgehead atoms. The molecule has 3 aromatic rings. The van der Waals surface area contributed by atoms with Gasteiger partial charge in [-0.25, -0.2) is 0 Å². The van der Waals surface area contributed by atoms with E-state index in [1.165, 1.54) is 25.8 Å². The van der Waals surface area contributed by atoms with Gasteiger partial charge in [0.2, 0.25) is 0 Å². The van der Waals surface area contributed by atoms with Crippen molar-refractivity contribution in [2.45, 2.75) is 14.7 Å². The van der Waals surface area contributed by atoms with Crippen LogP contribution in [0.1, 0.15) is 0 Å². The predicted molar refractivity (Wildman–Crippen MR) is 94.3 cm³/mol. The third-order valence-corrected chi connectivity index (χ3v) is 8.38. The van der Waals surface area contributed by atoms with Crippen molar-refractivity contribution < 1.29 is 0 Å². The molecule has 1 unspecified atom stereocenters. The molecule has 4 rings (SSSR count). The maximum Gasteiger partial charge on any atom is 0.0186 e. The molecule has 2 heteroatoms. The van der Waals surface area contributed by atoms with Gasteiger partial charge in [-0.1, -0.05) is 58.4 Å². The fourth-order valence-corrected chi connectivity index (χ4v) is 7.07. The van der Waals surface area contributed by atoms with E-state index < -0.39 is 10.0 Å². The number of halogens is 1. The number of hydrogen-bond donors (Lipinski definition) is 0. The molecule has 0 radical (unpaired) electrons. The fourth-order valence-electron chi connectivity index (χ4n) is 3.17. The van der Waals surface area contributed by atoms with E-state index in [0.717, 1.165) is 4.47 Å². The number of rotatable bonds is 1. The molecule has 21 heavy (non-hydrogen) atoms. The molecule has 3 aromatic carbocycles. The van der Waals surface area contributed by atoms with Crippen LogP contribution in [0.4, 0.5) is 0 Å². The van der Waals surface area contributed by atoms with Crippen LogP contribution >= 0.6 is 26.0 Å². The van der Waals surface area contributed by atoms with Gasteiger partial charge in [0.15, 0.2) is 0 Å². The first-order valence-corrected chi connectivity index (χ1v) is 9.77. The van der Waals surface area contributed by atoms with E-state index in [0.29, 0.717) is 0 Å². The van der Waals surface area contributed by atoms with Crippen molar-refractivity contribution in [1.29, 1.82) is 0 Å². The second-order valence-electron chi connectivity index (χ2n) is 5.37. The molecule has 104 valence electrons. The Balaban J connectivity index is 2.10. The zero-order valence-corrected chi connectivity index (χ0v) is 14.1. The van der Waals surface area contributed by atoms with E-state index in [9.17, 15) is 0 Å². The van der Waals surface area contributed by atoms with E-state index in [1.807, 2.05) is 0 Å². The first-order chi connectivity index (χ1) is 10.2. The molecule has 1 aliphatic rings. The van der Waals surface area contributed by atoms with E-state index >= 15 is 0 Å². The lowest BCUT2D eigenvalue weighted by Gasteiger charge is -2.34. The van der Waals surface area contributed by atoms with Crippen molar-refractivity contribution in [2.24, 2.45) is 0 Å². The smallest absolute Gasteiger partial charge is 0.0186 e. The van der Waals surface area contributed by atoms with E-state index in [1.54, 1.807) is 0 Å². The lowest BCUT2D eigenvalue weighted by Crippen LogP contribution is -1.97. The largest absolute Gasteiger partial charge is 0.162 e. The van der Waals surface area contributed by atoms with Crippen molar-refractivity contribution in [1.82, 2.24) is 0 Å². The van der Waals surface area contributed by atoms with Crippen LogP contribution in [0.3, 0.4) is 0 Å². The molecular formula is C19H15BrS. The van der Waals surface area contributed by atoms with Gasteiger partial charge in [0, 0.05) is 14.3 Å². The first kappa shape index (κ1) is 13.2. The SMILES string of the molecule is CS1(c2ccccc2)c2ccccc2-c2ccc(Br)cc21. The second-order valence-corrected chi connectivity index (χ2v) is 9.47. The minimum Gasteiger partial charge on any atom is -0.162 e. The van der Waals surface area contributed by atoms with Crippen LogP contribution in [0.15, 0.2) is 92.0 Å². The fraction of sp³-hybridized carbons (Fsp3) is 0.0526. The maximum atomic E-state index is 3.65. The normalized spacial score (nSPS) is 22.2. The molecule has 0 saturated carbocycles. The lowest BCUT2D eigenvalue weighted by molar-refractivity contribution is 1.36. The number of hydrogen-bond acceptors (Lipinski definition) is 0. The molecule has 0 aromatic heterocycles. The molecule has 0 N–H and O–H groups in total.